The van der Waals surface area contributed by atoms with E-state index >= 15 is 0 Å². The van der Waals surface area contributed by atoms with E-state index in [2.05, 4.69) is 10.00 Å². The molecule has 1 saturated heterocycles. The summed E-state index contributed by atoms with van der Waals surface area (Å²) in [4.78, 5) is 2.16. The van der Waals surface area contributed by atoms with Crippen LogP contribution in [0.15, 0.2) is 0 Å². The summed E-state index contributed by atoms with van der Waals surface area (Å²) in [6, 6.07) is 0. The van der Waals surface area contributed by atoms with Crippen molar-refractivity contribution in [1.82, 2.24) is 9.78 Å². The van der Waals surface area contributed by atoms with Gasteiger partial charge in [0.1, 0.15) is 0 Å². The van der Waals surface area contributed by atoms with Crippen molar-refractivity contribution >= 4 is 11.5 Å². The van der Waals surface area contributed by atoms with E-state index in [4.69, 9.17) is 10.5 Å². The lowest BCUT2D eigenvalue weighted by atomic mass is 10.1. The minimum Gasteiger partial charge on any atom is -0.394 e. The van der Waals surface area contributed by atoms with E-state index in [9.17, 15) is 5.11 Å². The number of morpholine rings is 1. The average Bonchev–Trinajstić information content (AvgIpc) is 2.62. The topological polar surface area (TPSA) is 76.5 Å². The number of aryl methyl sites for hydroxylation is 2. The first-order valence-corrected chi connectivity index (χ1v) is 6.73. The maximum absolute atomic E-state index is 9.37. The first-order valence-electron chi connectivity index (χ1n) is 6.73. The lowest BCUT2D eigenvalue weighted by molar-refractivity contribution is -0.101. The van der Waals surface area contributed by atoms with Gasteiger partial charge in [-0.1, -0.05) is 6.92 Å². The van der Waals surface area contributed by atoms with Gasteiger partial charge in [-0.2, -0.15) is 5.10 Å². The Hall–Kier alpha value is -1.27. The number of aromatic nitrogens is 2. The second kappa shape index (κ2) is 5.02. The molecule has 3 N–H and O–H groups in total. The lowest BCUT2D eigenvalue weighted by Crippen LogP contribution is -2.54. The highest BCUT2D eigenvalue weighted by Crippen LogP contribution is 2.31. The number of aliphatic hydroxyl groups excluding tert-OH is 1. The van der Waals surface area contributed by atoms with Crippen molar-refractivity contribution in [2.75, 3.05) is 30.3 Å². The molecule has 1 atom stereocenters. The number of anilines is 2. The standard InChI is InChI=1S/C13H24N4O2/c1-5-10-11(14)12(16(4)15-10)17-6-9(7-18)19-13(2,3)8-17/h9,18H,5-8,14H2,1-4H3. The van der Waals surface area contributed by atoms with Crippen LogP contribution in [0.3, 0.4) is 0 Å². The Bertz CT molecular complexity index is 456. The van der Waals surface area contributed by atoms with Crippen LogP contribution in [0.4, 0.5) is 11.5 Å². The Balaban J connectivity index is 2.33. The van der Waals surface area contributed by atoms with Crippen LogP contribution < -0.4 is 10.6 Å². The first-order chi connectivity index (χ1) is 8.88. The molecule has 1 unspecified atom stereocenters. The Morgan fingerprint density at radius 1 is 1.53 bits per heavy atom. The van der Waals surface area contributed by atoms with Gasteiger partial charge in [0.15, 0.2) is 5.82 Å². The van der Waals surface area contributed by atoms with Crippen LogP contribution in [0, 0.1) is 0 Å². The van der Waals surface area contributed by atoms with E-state index in [-0.39, 0.29) is 18.3 Å². The van der Waals surface area contributed by atoms with Gasteiger partial charge in [-0.3, -0.25) is 4.68 Å². The van der Waals surface area contributed by atoms with Crippen LogP contribution in [0.2, 0.25) is 0 Å². The van der Waals surface area contributed by atoms with Crippen LogP contribution in [0.1, 0.15) is 26.5 Å². The molecule has 6 nitrogen and oxygen atoms in total. The molecular formula is C13H24N4O2. The molecule has 1 aliphatic heterocycles. The van der Waals surface area contributed by atoms with Crippen molar-refractivity contribution in [3.63, 3.8) is 0 Å². The highest BCUT2D eigenvalue weighted by molar-refractivity contribution is 5.66. The molecule has 2 rings (SSSR count). The second-order valence-corrected chi connectivity index (χ2v) is 5.72. The predicted molar refractivity (Wildman–Crippen MR) is 75.2 cm³/mol. The molecule has 108 valence electrons. The fraction of sp³-hybridized carbons (Fsp3) is 0.769. The van der Waals surface area contributed by atoms with E-state index in [1.165, 1.54) is 0 Å². The Morgan fingerprint density at radius 3 is 2.74 bits per heavy atom. The van der Waals surface area contributed by atoms with Gasteiger partial charge < -0.3 is 20.5 Å². The molecule has 1 fully saturated rings. The summed E-state index contributed by atoms with van der Waals surface area (Å²) in [6.07, 6.45) is 0.625. The third kappa shape index (κ3) is 2.69. The quantitative estimate of drug-likeness (QED) is 0.837. The van der Waals surface area contributed by atoms with Crippen LogP contribution in [-0.4, -0.2) is 46.3 Å². The number of nitrogens with zero attached hydrogens (tertiary/aromatic N) is 3. The molecule has 0 bridgehead atoms. The number of aliphatic hydroxyl groups is 1. The number of hydrogen-bond acceptors (Lipinski definition) is 5. The zero-order valence-electron chi connectivity index (χ0n) is 12.2. The van der Waals surface area contributed by atoms with Gasteiger partial charge in [-0.25, -0.2) is 0 Å². The molecule has 0 amide bonds. The molecule has 0 saturated carbocycles. The van der Waals surface area contributed by atoms with Crippen molar-refractivity contribution in [3.8, 4) is 0 Å². The monoisotopic (exact) mass is 268 g/mol. The van der Waals surface area contributed by atoms with E-state index < -0.39 is 0 Å². The molecule has 6 heteroatoms. The number of ether oxygens (including phenoxy) is 1. The molecule has 1 aromatic rings. The van der Waals surface area contributed by atoms with Crippen molar-refractivity contribution < 1.29 is 9.84 Å². The summed E-state index contributed by atoms with van der Waals surface area (Å²) in [5.74, 6) is 0.923. The van der Waals surface area contributed by atoms with Crippen LogP contribution in [-0.2, 0) is 18.2 Å². The summed E-state index contributed by atoms with van der Waals surface area (Å²) >= 11 is 0. The van der Waals surface area contributed by atoms with Crippen molar-refractivity contribution in [3.05, 3.63) is 5.69 Å². The summed E-state index contributed by atoms with van der Waals surface area (Å²) < 4.78 is 7.65. The van der Waals surface area contributed by atoms with Gasteiger partial charge in [0.05, 0.1) is 29.7 Å². The smallest absolute Gasteiger partial charge is 0.150 e. The maximum atomic E-state index is 9.37. The number of nitrogen functional groups attached to an aromatic ring is 1. The minimum absolute atomic E-state index is 0.0122. The van der Waals surface area contributed by atoms with E-state index in [0.29, 0.717) is 6.54 Å². The van der Waals surface area contributed by atoms with Crippen LogP contribution >= 0.6 is 0 Å². The number of nitrogens with two attached hydrogens (primary N) is 1. The van der Waals surface area contributed by atoms with E-state index in [1.54, 1.807) is 0 Å². The molecule has 0 aliphatic carbocycles. The van der Waals surface area contributed by atoms with Gasteiger partial charge >= 0.3 is 0 Å². The summed E-state index contributed by atoms with van der Waals surface area (Å²) in [7, 11) is 1.90. The van der Waals surface area contributed by atoms with Gasteiger partial charge in [0.25, 0.3) is 0 Å². The number of hydrogen-bond donors (Lipinski definition) is 2. The Labute approximate surface area is 114 Å². The minimum atomic E-state index is -0.311. The molecule has 19 heavy (non-hydrogen) atoms. The first kappa shape index (κ1) is 14.1. The lowest BCUT2D eigenvalue weighted by Gasteiger charge is -2.43. The summed E-state index contributed by atoms with van der Waals surface area (Å²) in [5.41, 5.74) is 7.54. The van der Waals surface area contributed by atoms with Gasteiger partial charge in [0.2, 0.25) is 0 Å². The Kier molecular flexibility index (Phi) is 3.73. The largest absolute Gasteiger partial charge is 0.394 e. The van der Waals surface area contributed by atoms with Crippen molar-refractivity contribution in [1.29, 1.82) is 0 Å². The third-order valence-electron chi connectivity index (χ3n) is 3.45. The number of rotatable bonds is 3. The highest BCUT2D eigenvalue weighted by Gasteiger charge is 2.35. The van der Waals surface area contributed by atoms with Crippen LogP contribution in [0.5, 0.6) is 0 Å². The molecule has 1 aromatic heterocycles. The molecule has 0 spiro atoms. The van der Waals surface area contributed by atoms with Gasteiger partial charge in [-0.05, 0) is 20.3 Å². The molecule has 0 aromatic carbocycles. The predicted octanol–water partition coefficient (Wildman–Crippen LogP) is 0.541. The fourth-order valence-electron chi connectivity index (χ4n) is 2.77. The van der Waals surface area contributed by atoms with Gasteiger partial charge in [0, 0.05) is 20.1 Å². The average molecular weight is 268 g/mol. The van der Waals surface area contributed by atoms with Crippen molar-refractivity contribution in [2.24, 2.45) is 7.05 Å². The zero-order valence-corrected chi connectivity index (χ0v) is 12.2. The molecule has 1 aliphatic rings. The SMILES string of the molecule is CCc1nn(C)c(N2CC(CO)OC(C)(C)C2)c1N. The van der Waals surface area contributed by atoms with Crippen LogP contribution in [0.25, 0.3) is 0 Å². The third-order valence-corrected chi connectivity index (χ3v) is 3.45. The molecule has 0 radical (unpaired) electrons. The summed E-state index contributed by atoms with van der Waals surface area (Å²) in [6.45, 7) is 7.47. The fourth-order valence-corrected chi connectivity index (χ4v) is 2.77. The highest BCUT2D eigenvalue weighted by atomic mass is 16.5. The molecular weight excluding hydrogens is 244 g/mol. The summed E-state index contributed by atoms with van der Waals surface area (Å²) in [5, 5.41) is 13.8. The zero-order chi connectivity index (χ0) is 14.2. The Morgan fingerprint density at radius 2 is 2.21 bits per heavy atom. The molecule has 2 heterocycles. The normalized spacial score (nSPS) is 22.8. The van der Waals surface area contributed by atoms with Gasteiger partial charge in [-0.15, -0.1) is 0 Å². The van der Waals surface area contributed by atoms with Crippen molar-refractivity contribution in [2.45, 2.75) is 38.9 Å². The van der Waals surface area contributed by atoms with E-state index in [0.717, 1.165) is 30.2 Å². The van der Waals surface area contributed by atoms with E-state index in [1.807, 2.05) is 32.5 Å². The maximum Gasteiger partial charge on any atom is 0.150 e. The second-order valence-electron chi connectivity index (χ2n) is 5.72.